The first-order valence-electron chi connectivity index (χ1n) is 12.2. The van der Waals surface area contributed by atoms with Crippen LogP contribution >= 0.6 is 0 Å². The maximum atomic E-state index is 15.1. The van der Waals surface area contributed by atoms with E-state index in [1.165, 1.54) is 6.33 Å². The summed E-state index contributed by atoms with van der Waals surface area (Å²) in [6.07, 6.45) is 5.42. The van der Waals surface area contributed by atoms with Crippen LogP contribution in [-0.2, 0) is 9.53 Å². The van der Waals surface area contributed by atoms with Crippen LogP contribution in [-0.4, -0.2) is 41.2 Å². The molecule has 8 nitrogen and oxygen atoms in total. The molecule has 0 amide bonds. The molecule has 2 aromatic carbocycles. The minimum Gasteiger partial charge on any atom is -0.493 e. The number of esters is 1. The molecule has 36 heavy (non-hydrogen) atoms. The molecule has 2 N–H and O–H groups in total. The maximum absolute atomic E-state index is 15.1. The highest BCUT2D eigenvalue weighted by molar-refractivity contribution is 5.94. The number of nitrogens with zero attached hydrogens (tertiary/aromatic N) is 2. The summed E-state index contributed by atoms with van der Waals surface area (Å²) >= 11 is 0. The number of nitrogens with one attached hydrogen (secondary N) is 2. The Bertz CT molecular complexity index is 1350. The van der Waals surface area contributed by atoms with Crippen LogP contribution in [0.5, 0.6) is 11.5 Å². The fourth-order valence-electron chi connectivity index (χ4n) is 4.11. The minimum atomic E-state index is -0.349. The van der Waals surface area contributed by atoms with Crippen LogP contribution in [0.1, 0.15) is 44.7 Å². The minimum absolute atomic E-state index is 0.145. The highest BCUT2D eigenvalue weighted by Gasteiger charge is 2.15. The summed E-state index contributed by atoms with van der Waals surface area (Å²) in [5, 5.41) is 4.31. The number of benzene rings is 2. The van der Waals surface area contributed by atoms with Crippen molar-refractivity contribution < 1.29 is 23.4 Å². The first kappa shape index (κ1) is 25.2. The van der Waals surface area contributed by atoms with Gasteiger partial charge in [0.2, 0.25) is 0 Å². The van der Waals surface area contributed by atoms with Crippen LogP contribution in [0.2, 0.25) is 0 Å². The number of carbonyl (C=O) groups excluding carboxylic acids is 1. The number of hydrogen-bond donors (Lipinski definition) is 2. The lowest BCUT2D eigenvalue weighted by Crippen LogP contribution is -2.04. The van der Waals surface area contributed by atoms with Gasteiger partial charge < -0.3 is 24.5 Å². The van der Waals surface area contributed by atoms with Gasteiger partial charge in [0.1, 0.15) is 12.1 Å². The highest BCUT2D eigenvalue weighted by atomic mass is 19.1. The van der Waals surface area contributed by atoms with Crippen molar-refractivity contribution in [1.29, 1.82) is 0 Å². The van der Waals surface area contributed by atoms with Crippen molar-refractivity contribution in [3.8, 4) is 11.5 Å². The number of carbonyl (C=O) groups is 1. The molecule has 0 aliphatic rings. The summed E-state index contributed by atoms with van der Waals surface area (Å²) in [4.78, 5) is 23.2. The summed E-state index contributed by atoms with van der Waals surface area (Å²) in [5.41, 5.74) is 2.61. The average molecular weight is 495 g/mol. The van der Waals surface area contributed by atoms with E-state index in [-0.39, 0.29) is 11.8 Å². The number of fused-ring (bicyclic) bond motifs is 2. The van der Waals surface area contributed by atoms with E-state index < -0.39 is 0 Å². The Kier molecular flexibility index (Phi) is 8.20. The number of ether oxygens (including phenoxy) is 3. The predicted octanol–water partition coefficient (Wildman–Crippen LogP) is 6.20. The van der Waals surface area contributed by atoms with Gasteiger partial charge in [0.25, 0.3) is 0 Å². The number of unbranched alkanes of at least 4 members (excludes halogenated alkanes) is 3. The number of halogens is 1. The van der Waals surface area contributed by atoms with E-state index >= 15 is 4.39 Å². The number of H-pyrrole nitrogens is 1. The molecule has 0 aliphatic heterocycles. The van der Waals surface area contributed by atoms with Gasteiger partial charge in [-0.25, -0.2) is 14.4 Å². The second-order valence-electron chi connectivity index (χ2n) is 8.53. The van der Waals surface area contributed by atoms with Gasteiger partial charge in [-0.15, -0.1) is 0 Å². The third-order valence-electron chi connectivity index (χ3n) is 5.88. The molecule has 0 atom stereocenters. The quantitative estimate of drug-likeness (QED) is 0.179. The topological polar surface area (TPSA) is 98.4 Å². The summed E-state index contributed by atoms with van der Waals surface area (Å²) in [6, 6.07) is 8.89. The lowest BCUT2D eigenvalue weighted by molar-refractivity contribution is -0.143. The van der Waals surface area contributed by atoms with Crippen LogP contribution in [0.3, 0.4) is 0 Å². The zero-order valence-electron chi connectivity index (χ0n) is 20.8. The van der Waals surface area contributed by atoms with Crippen molar-refractivity contribution in [2.45, 2.75) is 46.0 Å². The Morgan fingerprint density at radius 2 is 1.89 bits per heavy atom. The predicted molar refractivity (Wildman–Crippen MR) is 138 cm³/mol. The summed E-state index contributed by atoms with van der Waals surface area (Å²) in [7, 11) is 1.57. The van der Waals surface area contributed by atoms with Gasteiger partial charge >= 0.3 is 5.97 Å². The Morgan fingerprint density at radius 1 is 1.06 bits per heavy atom. The van der Waals surface area contributed by atoms with Crippen molar-refractivity contribution in [1.82, 2.24) is 15.0 Å². The molecule has 0 bridgehead atoms. The van der Waals surface area contributed by atoms with Gasteiger partial charge in [0.15, 0.2) is 17.3 Å². The fourth-order valence-corrected chi connectivity index (χ4v) is 4.11. The molecule has 4 rings (SSSR count). The van der Waals surface area contributed by atoms with Gasteiger partial charge in [0.05, 0.1) is 31.5 Å². The second kappa shape index (κ2) is 11.7. The third-order valence-corrected chi connectivity index (χ3v) is 5.88. The normalized spacial score (nSPS) is 11.1. The number of aromatic amines is 1. The lowest BCUT2D eigenvalue weighted by atomic mass is 10.1. The van der Waals surface area contributed by atoms with Crippen LogP contribution in [0, 0.1) is 12.7 Å². The number of rotatable bonds is 12. The molecule has 0 spiro atoms. The fraction of sp³-hybridized carbons (Fsp3) is 0.370. The molecule has 2 heterocycles. The largest absolute Gasteiger partial charge is 0.493 e. The smallest absolute Gasteiger partial charge is 0.305 e. The zero-order chi connectivity index (χ0) is 25.5. The molecule has 0 saturated carbocycles. The molecule has 9 heteroatoms. The van der Waals surface area contributed by atoms with Crippen molar-refractivity contribution >= 4 is 39.3 Å². The second-order valence-corrected chi connectivity index (χ2v) is 8.53. The molecule has 2 aromatic heterocycles. The Hall–Kier alpha value is -3.88. The lowest BCUT2D eigenvalue weighted by Gasteiger charge is -2.14. The SMILES string of the molecule is CCOC(=O)CCCCCCOc1cc2ncnc(Nc3ccc4[nH]c(C)cc4c3F)c2cc1OC. The van der Waals surface area contributed by atoms with E-state index in [4.69, 9.17) is 14.2 Å². The molecule has 0 radical (unpaired) electrons. The van der Waals surface area contributed by atoms with Crippen LogP contribution in [0.4, 0.5) is 15.9 Å². The summed E-state index contributed by atoms with van der Waals surface area (Å²) in [6.45, 7) is 4.63. The maximum Gasteiger partial charge on any atom is 0.305 e. The van der Waals surface area contributed by atoms with E-state index in [1.54, 1.807) is 31.4 Å². The van der Waals surface area contributed by atoms with E-state index in [1.807, 2.05) is 19.9 Å². The van der Waals surface area contributed by atoms with Crippen LogP contribution in [0.25, 0.3) is 21.8 Å². The molecule has 0 fully saturated rings. The number of methoxy groups -OCH3 is 1. The zero-order valence-corrected chi connectivity index (χ0v) is 20.8. The number of anilines is 2. The van der Waals surface area contributed by atoms with Crippen LogP contribution in [0.15, 0.2) is 36.7 Å². The van der Waals surface area contributed by atoms with Gasteiger partial charge in [0, 0.05) is 34.5 Å². The van der Waals surface area contributed by atoms with Crippen molar-refractivity contribution in [2.75, 3.05) is 25.6 Å². The molecular weight excluding hydrogens is 463 g/mol. The summed E-state index contributed by atoms with van der Waals surface area (Å²) in [5.74, 6) is 1.10. The molecule has 0 saturated heterocycles. The summed E-state index contributed by atoms with van der Waals surface area (Å²) < 4.78 is 31.6. The standard InChI is InChI=1S/C27H31FN4O4/c1-4-35-25(33)9-7-5-6-8-12-36-24-15-22-19(14-23(24)34-3)27(30-16-29-22)32-21-11-10-20-18(26(21)28)13-17(2)31-20/h10-11,13-16,31H,4-9,12H2,1-3H3,(H,29,30,32). The van der Waals surface area contributed by atoms with Gasteiger partial charge in [-0.3, -0.25) is 4.79 Å². The monoisotopic (exact) mass is 494 g/mol. The Morgan fingerprint density at radius 3 is 2.69 bits per heavy atom. The van der Waals surface area contributed by atoms with Crippen molar-refractivity contribution in [3.63, 3.8) is 0 Å². The van der Waals surface area contributed by atoms with Gasteiger partial charge in [-0.05, 0) is 51.0 Å². The Balaban J connectivity index is 1.43. The molecule has 4 aromatic rings. The van der Waals surface area contributed by atoms with Gasteiger partial charge in [-0.1, -0.05) is 12.8 Å². The molecule has 0 aliphatic carbocycles. The number of aromatic nitrogens is 3. The first-order chi connectivity index (χ1) is 17.5. The van der Waals surface area contributed by atoms with Crippen LogP contribution < -0.4 is 14.8 Å². The Labute approximate surface area is 209 Å². The molecular formula is C27H31FN4O4. The third kappa shape index (κ3) is 5.84. The van der Waals surface area contributed by atoms with E-state index in [9.17, 15) is 4.79 Å². The highest BCUT2D eigenvalue weighted by Crippen LogP contribution is 2.36. The van der Waals surface area contributed by atoms with E-state index in [0.29, 0.717) is 58.9 Å². The number of aryl methyl sites for hydroxylation is 1. The molecule has 0 unspecified atom stereocenters. The van der Waals surface area contributed by atoms with Crippen molar-refractivity contribution in [2.24, 2.45) is 0 Å². The van der Waals surface area contributed by atoms with Gasteiger partial charge in [-0.2, -0.15) is 0 Å². The van der Waals surface area contributed by atoms with E-state index in [2.05, 4.69) is 20.3 Å². The van der Waals surface area contributed by atoms with Crippen molar-refractivity contribution in [3.05, 3.63) is 48.2 Å². The average Bonchev–Trinajstić information content (AvgIpc) is 3.26. The molecule has 190 valence electrons. The van der Waals surface area contributed by atoms with E-state index in [0.717, 1.165) is 36.9 Å². The first-order valence-corrected chi connectivity index (χ1v) is 12.2. The number of hydrogen-bond acceptors (Lipinski definition) is 7.